The van der Waals surface area contributed by atoms with Crippen molar-refractivity contribution in [3.63, 3.8) is 0 Å². The molecular formula is C21H26N5O5P. The maximum absolute atomic E-state index is 12.8. The number of nitrogens with two attached hydrogens (primary N) is 1. The molecule has 0 unspecified atom stereocenters. The van der Waals surface area contributed by atoms with Crippen LogP contribution >= 0.6 is 7.14 Å². The number of carbonyl (C=O) groups is 1. The van der Waals surface area contributed by atoms with Gasteiger partial charge in [0.25, 0.3) is 5.91 Å². The minimum atomic E-state index is -2.55. The first-order chi connectivity index (χ1) is 15.2. The molecule has 0 atom stereocenters. The zero-order chi connectivity index (χ0) is 23.0. The lowest BCUT2D eigenvalue weighted by atomic mass is 10.2. The Kier molecular flexibility index (Phi) is 5.73. The highest BCUT2D eigenvalue weighted by Gasteiger charge is 2.27. The van der Waals surface area contributed by atoms with Crippen LogP contribution in [0, 0.1) is 0 Å². The SMILES string of the molecule is COc1cc2nc(N3CCN(C(=O)c4ccc(P(C)(C)=O)o4)CC3)nc(N)c2cc1OC. The first kappa shape index (κ1) is 22.0. The number of nitrogens with zero attached hydrogens (tertiary/aromatic N) is 4. The van der Waals surface area contributed by atoms with Gasteiger partial charge in [-0.1, -0.05) is 0 Å². The molecule has 11 heteroatoms. The fourth-order valence-electron chi connectivity index (χ4n) is 3.61. The predicted molar refractivity (Wildman–Crippen MR) is 123 cm³/mol. The molecule has 0 radical (unpaired) electrons. The van der Waals surface area contributed by atoms with Gasteiger partial charge in [-0.2, -0.15) is 4.98 Å². The van der Waals surface area contributed by atoms with E-state index in [9.17, 15) is 9.36 Å². The van der Waals surface area contributed by atoms with Gasteiger partial charge in [-0.05, 0) is 31.5 Å². The predicted octanol–water partition coefficient (Wildman–Crippen LogP) is 2.03. The molecule has 3 heterocycles. The Hall–Kier alpha value is -3.26. The number of benzene rings is 1. The standard InChI is InChI=1S/C21H26N5O5P/c1-29-16-11-13-14(12-17(16)30-2)23-21(24-19(13)22)26-9-7-25(8-10-26)20(27)15-5-6-18(31-15)32(3,4)28/h5-6,11-12H,7-10H2,1-4H3,(H2,22,23,24). The summed E-state index contributed by atoms with van der Waals surface area (Å²) in [7, 11) is 0.567. The average Bonchev–Trinajstić information content (AvgIpc) is 3.29. The Morgan fingerprint density at radius 2 is 1.72 bits per heavy atom. The van der Waals surface area contributed by atoms with E-state index >= 15 is 0 Å². The van der Waals surface area contributed by atoms with E-state index in [2.05, 4.69) is 9.97 Å². The van der Waals surface area contributed by atoms with Crippen LogP contribution < -0.4 is 25.6 Å². The van der Waals surface area contributed by atoms with Crippen molar-refractivity contribution in [3.05, 3.63) is 30.0 Å². The Balaban J connectivity index is 1.51. The molecule has 0 saturated carbocycles. The number of methoxy groups -OCH3 is 2. The number of anilines is 2. The summed E-state index contributed by atoms with van der Waals surface area (Å²) in [6.07, 6.45) is 0. The number of fused-ring (bicyclic) bond motifs is 1. The lowest BCUT2D eigenvalue weighted by Crippen LogP contribution is -2.49. The highest BCUT2D eigenvalue weighted by atomic mass is 31.2. The molecule has 1 aliphatic heterocycles. The average molecular weight is 459 g/mol. The molecule has 1 aromatic carbocycles. The third kappa shape index (κ3) is 4.10. The van der Waals surface area contributed by atoms with Gasteiger partial charge in [-0.15, -0.1) is 0 Å². The Morgan fingerprint density at radius 1 is 1.06 bits per heavy atom. The van der Waals surface area contributed by atoms with Gasteiger partial charge in [0, 0.05) is 37.6 Å². The van der Waals surface area contributed by atoms with Crippen LogP contribution in [0.5, 0.6) is 11.5 Å². The molecule has 0 aliphatic carbocycles. The molecule has 1 fully saturated rings. The van der Waals surface area contributed by atoms with Crippen molar-refractivity contribution in [1.82, 2.24) is 14.9 Å². The summed E-state index contributed by atoms with van der Waals surface area (Å²) in [5.41, 5.74) is 7.20. The quantitative estimate of drug-likeness (QED) is 0.571. The summed E-state index contributed by atoms with van der Waals surface area (Å²) in [4.78, 5) is 25.6. The minimum absolute atomic E-state index is 0.199. The van der Waals surface area contributed by atoms with Gasteiger partial charge in [-0.3, -0.25) is 4.79 Å². The Labute approximate surface area is 185 Å². The van der Waals surface area contributed by atoms with Crippen LogP contribution in [0.25, 0.3) is 10.9 Å². The summed E-state index contributed by atoms with van der Waals surface area (Å²) in [5, 5.41) is 0.679. The van der Waals surface area contributed by atoms with Gasteiger partial charge in [0.05, 0.1) is 19.7 Å². The maximum atomic E-state index is 12.8. The molecule has 0 bridgehead atoms. The number of carbonyl (C=O) groups excluding carboxylic acids is 1. The maximum Gasteiger partial charge on any atom is 0.289 e. The van der Waals surface area contributed by atoms with Gasteiger partial charge < -0.3 is 34.0 Å². The lowest BCUT2D eigenvalue weighted by Gasteiger charge is -2.34. The molecule has 2 aromatic heterocycles. The van der Waals surface area contributed by atoms with E-state index < -0.39 is 7.14 Å². The largest absolute Gasteiger partial charge is 0.493 e. The van der Waals surface area contributed by atoms with Crippen molar-refractivity contribution < 1.29 is 23.3 Å². The number of nitrogen functional groups attached to an aromatic ring is 1. The normalized spacial score (nSPS) is 14.6. The van der Waals surface area contributed by atoms with E-state index in [0.29, 0.717) is 65.8 Å². The second-order valence-corrected chi connectivity index (χ2v) is 11.0. The topological polar surface area (TPSA) is 124 Å². The Morgan fingerprint density at radius 3 is 2.31 bits per heavy atom. The van der Waals surface area contributed by atoms with Crippen LogP contribution in [-0.4, -0.2) is 74.5 Å². The highest BCUT2D eigenvalue weighted by Crippen LogP contribution is 2.36. The monoisotopic (exact) mass is 459 g/mol. The van der Waals surface area contributed by atoms with Crippen molar-refractivity contribution in [2.45, 2.75) is 0 Å². The Bertz CT molecular complexity index is 1210. The van der Waals surface area contributed by atoms with Gasteiger partial charge in [-0.25, -0.2) is 4.98 Å². The first-order valence-electron chi connectivity index (χ1n) is 10.1. The molecule has 3 aromatic rings. The van der Waals surface area contributed by atoms with Crippen LogP contribution in [0.15, 0.2) is 28.7 Å². The third-order valence-electron chi connectivity index (χ3n) is 5.40. The van der Waals surface area contributed by atoms with E-state index in [1.54, 1.807) is 56.7 Å². The molecule has 1 aliphatic rings. The molecule has 4 rings (SSSR count). The number of amides is 1. The van der Waals surface area contributed by atoms with Gasteiger partial charge in [0.2, 0.25) is 5.95 Å². The molecule has 2 N–H and O–H groups in total. The number of furan rings is 1. The van der Waals surface area contributed by atoms with Crippen molar-refractivity contribution in [1.29, 1.82) is 0 Å². The number of ether oxygens (including phenoxy) is 2. The van der Waals surface area contributed by atoms with Gasteiger partial charge in [0.1, 0.15) is 13.0 Å². The van der Waals surface area contributed by atoms with Crippen LogP contribution in [-0.2, 0) is 4.57 Å². The van der Waals surface area contributed by atoms with Crippen LogP contribution in [0.1, 0.15) is 10.6 Å². The molecular weight excluding hydrogens is 433 g/mol. The van der Waals surface area contributed by atoms with E-state index in [0.717, 1.165) is 0 Å². The number of rotatable bonds is 5. The van der Waals surface area contributed by atoms with E-state index in [1.165, 1.54) is 0 Å². The van der Waals surface area contributed by atoms with Gasteiger partial charge >= 0.3 is 0 Å². The van der Waals surface area contributed by atoms with E-state index in [1.807, 2.05) is 4.90 Å². The lowest BCUT2D eigenvalue weighted by molar-refractivity contribution is 0.0716. The second-order valence-electron chi connectivity index (χ2n) is 7.90. The van der Waals surface area contributed by atoms with Crippen LogP contribution in [0.2, 0.25) is 0 Å². The molecule has 32 heavy (non-hydrogen) atoms. The first-order valence-corrected chi connectivity index (χ1v) is 12.7. The highest BCUT2D eigenvalue weighted by molar-refractivity contribution is 7.69. The fourth-order valence-corrected chi connectivity index (χ4v) is 4.36. The summed E-state index contributed by atoms with van der Waals surface area (Å²) in [5.74, 6) is 1.92. The number of hydrogen-bond donors (Lipinski definition) is 1. The molecule has 0 spiro atoms. The van der Waals surface area contributed by atoms with E-state index in [-0.39, 0.29) is 11.7 Å². The fraction of sp³-hybridized carbons (Fsp3) is 0.381. The number of hydrogen-bond acceptors (Lipinski definition) is 9. The second kappa shape index (κ2) is 8.35. The van der Waals surface area contributed by atoms with Crippen molar-refractivity contribution in [2.24, 2.45) is 0 Å². The minimum Gasteiger partial charge on any atom is -0.493 e. The zero-order valence-corrected chi connectivity index (χ0v) is 19.4. The molecule has 170 valence electrons. The zero-order valence-electron chi connectivity index (χ0n) is 18.5. The van der Waals surface area contributed by atoms with E-state index in [4.69, 9.17) is 19.6 Å². The molecule has 1 amide bonds. The number of piperazine rings is 1. The summed E-state index contributed by atoms with van der Waals surface area (Å²) in [6, 6.07) is 6.72. The smallest absolute Gasteiger partial charge is 0.289 e. The van der Waals surface area contributed by atoms with Crippen LogP contribution in [0.3, 0.4) is 0 Å². The van der Waals surface area contributed by atoms with Crippen molar-refractivity contribution >= 4 is 41.2 Å². The van der Waals surface area contributed by atoms with Crippen molar-refractivity contribution in [2.75, 3.05) is 64.4 Å². The summed E-state index contributed by atoms with van der Waals surface area (Å²) in [6.45, 7) is 5.24. The molecule has 1 saturated heterocycles. The third-order valence-corrected chi connectivity index (χ3v) is 6.70. The van der Waals surface area contributed by atoms with Crippen LogP contribution in [0.4, 0.5) is 11.8 Å². The summed E-state index contributed by atoms with van der Waals surface area (Å²) < 4.78 is 28.4. The van der Waals surface area contributed by atoms with Crippen molar-refractivity contribution in [3.8, 4) is 11.5 Å². The number of aromatic nitrogens is 2. The van der Waals surface area contributed by atoms with Gasteiger partial charge in [0.15, 0.2) is 22.8 Å². The summed E-state index contributed by atoms with van der Waals surface area (Å²) >= 11 is 0. The molecule has 10 nitrogen and oxygen atoms in total.